The number of benzene rings is 3. The van der Waals surface area contributed by atoms with Crippen LogP contribution in [0.4, 0.5) is 0 Å². The second-order valence-electron chi connectivity index (χ2n) is 12.9. The van der Waals surface area contributed by atoms with Crippen molar-refractivity contribution in [1.82, 2.24) is 0 Å². The van der Waals surface area contributed by atoms with Crippen LogP contribution >= 0.6 is 0 Å². The lowest BCUT2D eigenvalue weighted by Crippen LogP contribution is -2.19. The lowest BCUT2D eigenvalue weighted by molar-refractivity contribution is -0.151. The van der Waals surface area contributed by atoms with Gasteiger partial charge in [0.1, 0.15) is 12.7 Å². The number of ether oxygens (including phenoxy) is 3. The molecule has 5 nitrogen and oxygen atoms in total. The molecule has 4 rings (SSSR count). The van der Waals surface area contributed by atoms with E-state index < -0.39 is 6.10 Å². The molecule has 0 amide bonds. The van der Waals surface area contributed by atoms with Gasteiger partial charge in [-0.15, -0.1) is 0 Å². The highest BCUT2D eigenvalue weighted by atomic mass is 16.6. The fourth-order valence-corrected chi connectivity index (χ4v) is 5.42. The van der Waals surface area contributed by atoms with E-state index in [9.17, 15) is 9.59 Å². The summed E-state index contributed by atoms with van der Waals surface area (Å²) in [5.74, 6) is 7.51. The average Bonchev–Trinajstić information content (AvgIpc) is 3.39. The van der Waals surface area contributed by atoms with E-state index in [2.05, 4.69) is 39.5 Å². The summed E-state index contributed by atoms with van der Waals surface area (Å²) in [4.78, 5) is 24.7. The van der Waals surface area contributed by atoms with Crippen LogP contribution in [0.5, 0.6) is 0 Å². The monoisotopic (exact) mass is 622 g/mol. The van der Waals surface area contributed by atoms with Gasteiger partial charge in [0, 0.05) is 30.2 Å². The second kappa shape index (κ2) is 19.4. The summed E-state index contributed by atoms with van der Waals surface area (Å²) in [6, 6.07) is 25.8. The van der Waals surface area contributed by atoms with Crippen LogP contribution in [0.15, 0.2) is 90.5 Å². The van der Waals surface area contributed by atoms with Crippen LogP contribution in [-0.2, 0) is 36.8 Å². The number of methoxy groups -OCH3 is 1. The molecular formula is C41H50O5. The fourth-order valence-electron chi connectivity index (χ4n) is 5.42. The Morgan fingerprint density at radius 2 is 1.46 bits per heavy atom. The smallest absolute Gasteiger partial charge is 0.334 e. The van der Waals surface area contributed by atoms with Gasteiger partial charge in [0.05, 0.1) is 13.0 Å². The molecule has 0 aliphatic carbocycles. The average molecular weight is 623 g/mol. The Hall–Kier alpha value is -4.14. The first kappa shape index (κ1) is 36.3. The predicted molar refractivity (Wildman–Crippen MR) is 185 cm³/mol. The Kier molecular flexibility index (Phi) is 15.3. The molecular weight excluding hydrogens is 572 g/mol. The zero-order valence-corrected chi connectivity index (χ0v) is 28.4. The van der Waals surface area contributed by atoms with Crippen LogP contribution in [0.25, 0.3) is 0 Å². The number of carbonyl (C=O) groups excluding carboxylic acids is 2. The van der Waals surface area contributed by atoms with Crippen molar-refractivity contribution >= 4 is 11.9 Å². The van der Waals surface area contributed by atoms with E-state index in [4.69, 9.17) is 14.2 Å². The Morgan fingerprint density at radius 1 is 0.870 bits per heavy atom. The van der Waals surface area contributed by atoms with Gasteiger partial charge in [-0.05, 0) is 79.3 Å². The van der Waals surface area contributed by atoms with Crippen molar-refractivity contribution in [3.63, 3.8) is 0 Å². The number of rotatable bonds is 12. The zero-order valence-electron chi connectivity index (χ0n) is 28.4. The van der Waals surface area contributed by atoms with Crippen LogP contribution in [-0.4, -0.2) is 31.8 Å². The van der Waals surface area contributed by atoms with E-state index in [-0.39, 0.29) is 25.0 Å². The molecule has 5 heteroatoms. The first-order valence-electron chi connectivity index (χ1n) is 16.4. The van der Waals surface area contributed by atoms with E-state index in [1.54, 1.807) is 7.11 Å². The van der Waals surface area contributed by atoms with Gasteiger partial charge in [-0.2, -0.15) is 0 Å². The number of hydrogen-bond acceptors (Lipinski definition) is 5. The topological polar surface area (TPSA) is 61.8 Å². The first-order valence-corrected chi connectivity index (χ1v) is 16.4. The molecule has 0 saturated carbocycles. The molecule has 1 aliphatic heterocycles. The maximum absolute atomic E-state index is 12.4. The van der Waals surface area contributed by atoms with Gasteiger partial charge in [0.15, 0.2) is 0 Å². The predicted octanol–water partition coefficient (Wildman–Crippen LogP) is 8.65. The van der Waals surface area contributed by atoms with Crippen molar-refractivity contribution in [1.29, 1.82) is 0 Å². The van der Waals surface area contributed by atoms with Gasteiger partial charge in [0.2, 0.25) is 0 Å². The second-order valence-corrected chi connectivity index (χ2v) is 12.9. The number of cyclic esters (lactones) is 1. The summed E-state index contributed by atoms with van der Waals surface area (Å²) in [6.45, 7) is 11.8. The summed E-state index contributed by atoms with van der Waals surface area (Å²) in [5.41, 5.74) is 5.85. The van der Waals surface area contributed by atoms with Crippen molar-refractivity contribution in [3.8, 4) is 11.8 Å². The molecule has 0 aromatic heterocycles. The number of carbonyl (C=O) groups is 2. The summed E-state index contributed by atoms with van der Waals surface area (Å²) in [5, 5.41) is 0. The van der Waals surface area contributed by atoms with Crippen LogP contribution in [0, 0.1) is 36.5 Å². The third-order valence-electron chi connectivity index (χ3n) is 7.58. The van der Waals surface area contributed by atoms with Crippen LogP contribution in [0.3, 0.4) is 0 Å². The molecule has 0 N–H and O–H groups in total. The highest BCUT2D eigenvalue weighted by molar-refractivity contribution is 5.90. The minimum Gasteiger partial charge on any atom is -0.461 e. The normalized spacial score (nSPS) is 14.9. The standard InChI is InChI=1S/C33H40O4.C8H10O/c1-23(2)18-29(19-24(3)4)16-17-30-21-31(37-33(30)35)22-36-32(34)20-28-14-12-27(13-15-28)11-10-26-8-6-25(5)7-9-26;1-9-7-8-5-3-2-4-6-8/h6-9,12-15,17,23-24,29,31H,16,18-22H2,1-5H3;2-6H,7H2,1H3/b30-17+;. The van der Waals surface area contributed by atoms with Crippen LogP contribution in [0.1, 0.15) is 81.2 Å². The summed E-state index contributed by atoms with van der Waals surface area (Å²) in [7, 11) is 1.70. The van der Waals surface area contributed by atoms with Gasteiger partial charge < -0.3 is 14.2 Å². The number of aryl methyl sites for hydroxylation is 1. The number of esters is 2. The van der Waals surface area contributed by atoms with Gasteiger partial charge in [-0.3, -0.25) is 4.79 Å². The van der Waals surface area contributed by atoms with Crippen molar-refractivity contribution in [2.75, 3.05) is 13.7 Å². The quantitative estimate of drug-likeness (QED) is 0.115. The molecule has 1 heterocycles. The molecule has 0 radical (unpaired) electrons. The Labute approximate surface area is 276 Å². The highest BCUT2D eigenvalue weighted by Gasteiger charge is 2.30. The molecule has 0 bridgehead atoms. The molecule has 244 valence electrons. The van der Waals surface area contributed by atoms with E-state index >= 15 is 0 Å². The van der Waals surface area contributed by atoms with Gasteiger partial charge in [-0.25, -0.2) is 4.79 Å². The van der Waals surface area contributed by atoms with Crippen molar-refractivity contribution in [3.05, 3.63) is 118 Å². The van der Waals surface area contributed by atoms with E-state index in [1.165, 1.54) is 11.1 Å². The Bertz CT molecular complexity index is 1430. The minimum absolute atomic E-state index is 0.0867. The molecule has 1 fully saturated rings. The minimum atomic E-state index is -0.407. The molecule has 1 aliphatic rings. The molecule has 3 aromatic rings. The van der Waals surface area contributed by atoms with E-state index in [0.717, 1.165) is 36.0 Å². The zero-order chi connectivity index (χ0) is 33.3. The van der Waals surface area contributed by atoms with Gasteiger partial charge in [-0.1, -0.05) is 106 Å². The van der Waals surface area contributed by atoms with Crippen LogP contribution in [0.2, 0.25) is 0 Å². The molecule has 1 unspecified atom stereocenters. The van der Waals surface area contributed by atoms with Crippen LogP contribution < -0.4 is 0 Å². The highest BCUT2D eigenvalue weighted by Crippen LogP contribution is 2.27. The Balaban J connectivity index is 0.000000549. The number of hydrogen-bond donors (Lipinski definition) is 0. The first-order chi connectivity index (χ1) is 22.1. The van der Waals surface area contributed by atoms with Gasteiger partial charge >= 0.3 is 11.9 Å². The largest absolute Gasteiger partial charge is 0.461 e. The maximum atomic E-state index is 12.4. The molecule has 46 heavy (non-hydrogen) atoms. The molecule has 1 atom stereocenters. The van der Waals surface area contributed by atoms with Crippen molar-refractivity contribution < 1.29 is 23.8 Å². The maximum Gasteiger partial charge on any atom is 0.334 e. The van der Waals surface area contributed by atoms with Crippen molar-refractivity contribution in [2.24, 2.45) is 17.8 Å². The molecule has 1 saturated heterocycles. The fraction of sp³-hybridized carbons (Fsp3) is 0.415. The van der Waals surface area contributed by atoms with E-state index in [1.807, 2.05) is 91.9 Å². The lowest BCUT2D eigenvalue weighted by atomic mass is 9.86. The summed E-state index contributed by atoms with van der Waals surface area (Å²) >= 11 is 0. The third-order valence-corrected chi connectivity index (χ3v) is 7.58. The van der Waals surface area contributed by atoms with Crippen molar-refractivity contribution in [2.45, 2.75) is 79.4 Å². The van der Waals surface area contributed by atoms with Gasteiger partial charge in [0.25, 0.3) is 0 Å². The van der Waals surface area contributed by atoms with E-state index in [0.29, 0.717) is 36.4 Å². The summed E-state index contributed by atoms with van der Waals surface area (Å²) < 4.78 is 15.8. The lowest BCUT2D eigenvalue weighted by Gasteiger charge is -2.19. The third kappa shape index (κ3) is 13.9. The Morgan fingerprint density at radius 3 is 2.02 bits per heavy atom. The molecule has 0 spiro atoms. The summed E-state index contributed by atoms with van der Waals surface area (Å²) in [6.07, 6.45) is 5.49. The SMILES string of the molecule is COCc1ccccc1.Cc1ccc(C#Cc2ccc(CC(=O)OCC3C/C(=C\CC(CC(C)C)CC(C)C)C(=O)O3)cc2)cc1. The number of allylic oxidation sites excluding steroid dienone is 1. The molecule has 3 aromatic carbocycles.